The maximum absolute atomic E-state index is 2.29. The Morgan fingerprint density at radius 3 is 2.73 bits per heavy atom. The van der Waals surface area contributed by atoms with Crippen LogP contribution in [-0.4, -0.2) is 56.0 Å². The van der Waals surface area contributed by atoms with Crippen LogP contribution in [0.4, 0.5) is 0 Å². The van der Waals surface area contributed by atoms with Crippen molar-refractivity contribution in [3.63, 3.8) is 0 Å². The largest absolute Gasteiger partial charge is 0 e. The molecule has 0 aliphatic carbocycles. The summed E-state index contributed by atoms with van der Waals surface area (Å²) in [5, 5.41) is 0. The van der Waals surface area contributed by atoms with E-state index >= 15 is 0 Å². The van der Waals surface area contributed by atoms with Crippen LogP contribution in [-0.2, 0) is 0 Å². The van der Waals surface area contributed by atoms with Crippen molar-refractivity contribution in [2.45, 2.75) is 6.22 Å². The van der Waals surface area contributed by atoms with Crippen molar-refractivity contribution in [1.82, 2.24) is 0 Å². The average Bonchev–Trinajstić information content (AvgIpc) is 2.29. The molecule has 0 saturated heterocycles. The van der Waals surface area contributed by atoms with Gasteiger partial charge in [0.15, 0.2) is 0 Å². The van der Waals surface area contributed by atoms with Crippen molar-refractivity contribution < 1.29 is 17.1 Å². The molecule has 0 heterocycles. The maximum Gasteiger partial charge on any atom is 0 e. The van der Waals surface area contributed by atoms with Crippen molar-refractivity contribution in [3.05, 3.63) is 35.9 Å². The zero-order chi connectivity index (χ0) is 10.8. The van der Waals surface area contributed by atoms with E-state index in [2.05, 4.69) is 51.0 Å². The van der Waals surface area contributed by atoms with Crippen LogP contribution < -0.4 is 0 Å². The van der Waals surface area contributed by atoms with Crippen LogP contribution in [0.25, 0.3) is 0 Å². The molecule has 7 heteroatoms. The van der Waals surface area contributed by atoms with Crippen molar-refractivity contribution in [2.75, 3.05) is 0 Å². The zero-order valence-electron chi connectivity index (χ0n) is 9.78. The Bertz CT molecular complexity index is 300. The normalized spacial score (nSPS) is 9.07. The van der Waals surface area contributed by atoms with Crippen molar-refractivity contribution in [3.8, 4) is 0 Å². The third kappa shape index (κ3) is 6.59. The molecule has 0 radical (unpaired) electrons. The molecule has 0 saturated carbocycles. The maximum atomic E-state index is 2.29. The summed E-state index contributed by atoms with van der Waals surface area (Å²) >= 11 is 0. The van der Waals surface area contributed by atoms with Gasteiger partial charge in [-0.1, -0.05) is 0 Å². The fourth-order valence-corrected chi connectivity index (χ4v) is 1.65. The zero-order valence-corrected chi connectivity index (χ0v) is 9.78. The Labute approximate surface area is 116 Å². The van der Waals surface area contributed by atoms with E-state index in [1.807, 2.05) is 0 Å². The minimum atomic E-state index is 0. The summed E-state index contributed by atoms with van der Waals surface area (Å²) in [6.45, 7) is 2.29. The molecule has 0 amide bonds. The van der Waals surface area contributed by atoms with E-state index in [4.69, 9.17) is 0 Å². The molecule has 0 fully saturated rings. The molecule has 0 unspecified atom stereocenters. The van der Waals surface area contributed by atoms with Gasteiger partial charge in [0.05, 0.1) is 0 Å². The van der Waals surface area contributed by atoms with Gasteiger partial charge in [-0.2, -0.15) is 0 Å². The van der Waals surface area contributed by atoms with Crippen molar-refractivity contribution >= 4 is 56.0 Å². The van der Waals surface area contributed by atoms with E-state index in [0.29, 0.717) is 0 Å². The van der Waals surface area contributed by atoms with Gasteiger partial charge in [-0.05, 0) is 0 Å². The van der Waals surface area contributed by atoms with Gasteiger partial charge in [-0.15, -0.1) is 0 Å². The van der Waals surface area contributed by atoms with Gasteiger partial charge in [0.2, 0.25) is 0 Å². The summed E-state index contributed by atoms with van der Waals surface area (Å²) in [6, 6.07) is 10.5. The molecule has 0 aliphatic heterocycles. The Morgan fingerprint density at radius 2 is 2.00 bits per heavy atom. The second-order valence-electron chi connectivity index (χ2n) is 4.02. The summed E-state index contributed by atoms with van der Waals surface area (Å²) < 4.78 is 0. The monoisotopic (exact) mass is 212 g/mol. The van der Waals surface area contributed by atoms with E-state index in [1.165, 1.54) is 47.2 Å². The van der Waals surface area contributed by atoms with Gasteiger partial charge >= 0.3 is 98.2 Å². The van der Waals surface area contributed by atoms with E-state index < -0.39 is 0 Å². The molecule has 1 rings (SSSR count). The second kappa shape index (κ2) is 8.82. The minimum absolute atomic E-state index is 0. The van der Waals surface area contributed by atoms with Gasteiger partial charge in [-0.3, -0.25) is 0 Å². The predicted molar refractivity (Wildman–Crippen MR) is 112 cm³/mol. The SMILES string of the molecule is BBBBBBCB=Cc1ccccc1.[HH].[HH].[HH].[HH].[HH].[HH].[HH].[HH].[HH].[HH].[HH].[HH]. The Hall–Kier alpha value is -0.455. The summed E-state index contributed by atoms with van der Waals surface area (Å²) in [5.41, 5.74) is 1.31. The van der Waals surface area contributed by atoms with E-state index in [0.717, 1.165) is 0 Å². The molecule has 0 aliphatic rings. The Balaban J connectivity index is -0.0000000187. The molecule has 0 nitrogen and oxygen atoms in total. The van der Waals surface area contributed by atoms with Gasteiger partial charge in [0, 0.05) is 17.1 Å². The van der Waals surface area contributed by atoms with Crippen LogP contribution in [0.5, 0.6) is 0 Å². The van der Waals surface area contributed by atoms with Crippen LogP contribution in [0.15, 0.2) is 30.3 Å². The molecule has 0 bridgehead atoms. The number of rotatable bonds is 7. The molecular formula is C8H39B7. The van der Waals surface area contributed by atoms with Crippen LogP contribution in [0.3, 0.4) is 0 Å². The van der Waals surface area contributed by atoms with Crippen LogP contribution in [0.1, 0.15) is 22.7 Å². The fourth-order valence-electron chi connectivity index (χ4n) is 1.65. The minimum Gasteiger partial charge on any atom is 0 e. The third-order valence-corrected chi connectivity index (χ3v) is 2.58. The molecule has 0 aromatic heterocycles. The molecule has 15 heavy (non-hydrogen) atoms. The summed E-state index contributed by atoms with van der Waals surface area (Å²) in [6.07, 6.45) is 1.22. The second-order valence-corrected chi connectivity index (χ2v) is 4.02. The Kier molecular flexibility index (Phi) is 7.42. The van der Waals surface area contributed by atoms with Crippen LogP contribution in [0.2, 0.25) is 6.22 Å². The first-order valence-corrected chi connectivity index (χ1v) is 6.15. The quantitative estimate of drug-likeness (QED) is 0.448. The predicted octanol–water partition coefficient (Wildman–Crippen LogP) is 0.260. The molecular weight excluding hydrogens is 172 g/mol. The average molecular weight is 211 g/mol. The molecule has 1 aromatic rings. The van der Waals surface area contributed by atoms with Crippen LogP contribution in [0, 0.1) is 0 Å². The summed E-state index contributed by atoms with van der Waals surface area (Å²) in [7, 11) is 9.10. The molecule has 1 aromatic carbocycles. The van der Waals surface area contributed by atoms with Crippen molar-refractivity contribution in [2.24, 2.45) is 0 Å². The number of hydrogen-bond acceptors (Lipinski definition) is 0. The van der Waals surface area contributed by atoms with Gasteiger partial charge in [0.25, 0.3) is 0 Å². The van der Waals surface area contributed by atoms with Crippen molar-refractivity contribution in [1.29, 1.82) is 0 Å². The van der Waals surface area contributed by atoms with E-state index in [1.54, 1.807) is 0 Å². The summed E-state index contributed by atoms with van der Waals surface area (Å²) in [4.78, 5) is 0. The molecule has 0 atom stereocenters. The van der Waals surface area contributed by atoms with Gasteiger partial charge in [-0.25, -0.2) is 0 Å². The standard InChI is InChI=1S/C8H15B7.12H2/c9-12-14-15-13-11-7-10-6-8-4-2-1-3-5-8;;;;;;;;;;;;/h1-6,11-15H,7,9H2;12*1H. The topological polar surface area (TPSA) is 0 Å². The van der Waals surface area contributed by atoms with E-state index in [9.17, 15) is 0 Å². The number of benzene rings is 1. The smallest absolute Gasteiger partial charge is 0 e. The third-order valence-electron chi connectivity index (χ3n) is 2.58. The van der Waals surface area contributed by atoms with Gasteiger partial charge in [0.1, 0.15) is 0 Å². The molecule has 0 spiro atoms. The molecule has 92 valence electrons. The Morgan fingerprint density at radius 1 is 1.20 bits per heavy atom. The van der Waals surface area contributed by atoms with E-state index in [-0.39, 0.29) is 17.1 Å². The first kappa shape index (κ1) is 12.6. The van der Waals surface area contributed by atoms with Gasteiger partial charge < -0.3 is 0 Å². The first-order valence-electron chi connectivity index (χ1n) is 6.15. The fraction of sp³-hybridized carbons (Fsp3) is 0.125. The first-order chi connectivity index (χ1) is 7.43. The molecule has 0 N–H and O–H groups in total. The summed E-state index contributed by atoms with van der Waals surface area (Å²) in [5.74, 6) is 2.22. The number of hydrogen-bond donors (Lipinski definition) is 0. The van der Waals surface area contributed by atoms with Crippen LogP contribution >= 0.6 is 0 Å².